The van der Waals surface area contributed by atoms with Crippen LogP contribution >= 0.6 is 22.9 Å². The van der Waals surface area contributed by atoms with Gasteiger partial charge in [-0.3, -0.25) is 4.90 Å². The number of halogens is 1. The molecular weight excluding hydrogens is 302 g/mol. The summed E-state index contributed by atoms with van der Waals surface area (Å²) in [6, 6.07) is 8.52. The quantitative estimate of drug-likeness (QED) is 0.911. The highest BCUT2D eigenvalue weighted by Gasteiger charge is 2.16. The zero-order valence-electron chi connectivity index (χ0n) is 12.2. The van der Waals surface area contributed by atoms with Gasteiger partial charge in [-0.05, 0) is 32.5 Å². The third-order valence-corrected chi connectivity index (χ3v) is 5.04. The normalized spacial score (nSPS) is 18.5. The third-order valence-electron chi connectivity index (χ3n) is 3.78. The number of benzene rings is 1. The highest BCUT2D eigenvalue weighted by molar-refractivity contribution is 7.13. The zero-order chi connectivity index (χ0) is 14.7. The molecule has 21 heavy (non-hydrogen) atoms. The van der Waals surface area contributed by atoms with Gasteiger partial charge in [0.15, 0.2) is 0 Å². The molecule has 1 unspecified atom stereocenters. The first kappa shape index (κ1) is 15.0. The number of hydrogen-bond acceptors (Lipinski definition) is 4. The summed E-state index contributed by atoms with van der Waals surface area (Å²) in [4.78, 5) is 7.07. The number of nitrogens with zero attached hydrogens (tertiary/aromatic N) is 2. The summed E-state index contributed by atoms with van der Waals surface area (Å²) in [5, 5.41) is 7.44. The van der Waals surface area contributed by atoms with Crippen LogP contribution in [0.15, 0.2) is 29.6 Å². The van der Waals surface area contributed by atoms with Crippen LogP contribution in [-0.2, 0) is 6.54 Å². The van der Waals surface area contributed by atoms with Crippen molar-refractivity contribution >= 4 is 22.9 Å². The standard InChI is InChI=1S/C16H20ClN3S/c1-20(9-12-5-4-8-18-12)10-13-11-21-16(19-13)14-6-2-3-7-15(14)17/h2-3,6-7,11-12,18H,4-5,8-10H2,1H3. The summed E-state index contributed by atoms with van der Waals surface area (Å²) in [5.74, 6) is 0. The van der Waals surface area contributed by atoms with Gasteiger partial charge in [0.1, 0.15) is 5.01 Å². The van der Waals surface area contributed by atoms with Gasteiger partial charge >= 0.3 is 0 Å². The van der Waals surface area contributed by atoms with Crippen molar-refractivity contribution in [2.75, 3.05) is 20.1 Å². The fourth-order valence-corrected chi connectivity index (χ4v) is 3.90. The first-order valence-electron chi connectivity index (χ1n) is 7.33. The smallest absolute Gasteiger partial charge is 0.125 e. The maximum absolute atomic E-state index is 6.24. The maximum Gasteiger partial charge on any atom is 0.125 e. The van der Waals surface area contributed by atoms with Crippen LogP contribution < -0.4 is 5.32 Å². The van der Waals surface area contributed by atoms with E-state index in [2.05, 4.69) is 22.6 Å². The van der Waals surface area contributed by atoms with Crippen LogP contribution in [0.5, 0.6) is 0 Å². The van der Waals surface area contributed by atoms with Crippen LogP contribution in [0.1, 0.15) is 18.5 Å². The summed E-state index contributed by atoms with van der Waals surface area (Å²) >= 11 is 7.90. The average Bonchev–Trinajstić information content (AvgIpc) is 3.11. The van der Waals surface area contributed by atoms with E-state index in [1.54, 1.807) is 11.3 Å². The van der Waals surface area contributed by atoms with Crippen molar-refractivity contribution in [3.8, 4) is 10.6 Å². The topological polar surface area (TPSA) is 28.2 Å². The maximum atomic E-state index is 6.24. The van der Waals surface area contributed by atoms with Crippen LogP contribution in [-0.4, -0.2) is 36.1 Å². The summed E-state index contributed by atoms with van der Waals surface area (Å²) in [6.07, 6.45) is 2.58. The van der Waals surface area contributed by atoms with Crippen molar-refractivity contribution in [3.63, 3.8) is 0 Å². The summed E-state index contributed by atoms with van der Waals surface area (Å²) in [7, 11) is 2.16. The molecule has 1 fully saturated rings. The van der Waals surface area contributed by atoms with Gasteiger partial charge in [0.2, 0.25) is 0 Å². The molecule has 1 aromatic carbocycles. The van der Waals surface area contributed by atoms with E-state index in [-0.39, 0.29) is 0 Å². The molecule has 0 bridgehead atoms. The van der Waals surface area contributed by atoms with Crippen molar-refractivity contribution in [2.24, 2.45) is 0 Å². The molecule has 1 aromatic heterocycles. The van der Waals surface area contributed by atoms with Crippen LogP contribution in [0, 0.1) is 0 Å². The lowest BCUT2D eigenvalue weighted by Gasteiger charge is -2.19. The monoisotopic (exact) mass is 321 g/mol. The average molecular weight is 322 g/mol. The minimum absolute atomic E-state index is 0.636. The highest BCUT2D eigenvalue weighted by atomic mass is 35.5. The molecule has 1 atom stereocenters. The SMILES string of the molecule is CN(Cc1csc(-c2ccccc2Cl)n1)CC1CCCN1. The van der Waals surface area contributed by atoms with Crippen LogP contribution in [0.25, 0.3) is 10.6 Å². The van der Waals surface area contributed by atoms with E-state index < -0.39 is 0 Å². The van der Waals surface area contributed by atoms with Gasteiger partial charge in [-0.25, -0.2) is 4.98 Å². The largest absolute Gasteiger partial charge is 0.313 e. The molecular formula is C16H20ClN3S. The molecule has 112 valence electrons. The zero-order valence-corrected chi connectivity index (χ0v) is 13.8. The highest BCUT2D eigenvalue weighted by Crippen LogP contribution is 2.30. The molecule has 1 N–H and O–H groups in total. The van der Waals surface area contributed by atoms with Gasteiger partial charge in [-0.15, -0.1) is 11.3 Å². The fraction of sp³-hybridized carbons (Fsp3) is 0.438. The first-order valence-corrected chi connectivity index (χ1v) is 8.59. The van der Waals surface area contributed by atoms with Crippen LogP contribution in [0.3, 0.4) is 0 Å². The number of aromatic nitrogens is 1. The predicted molar refractivity (Wildman–Crippen MR) is 89.9 cm³/mol. The Balaban J connectivity index is 1.63. The minimum atomic E-state index is 0.636. The van der Waals surface area contributed by atoms with Gasteiger partial charge < -0.3 is 5.32 Å². The van der Waals surface area contributed by atoms with E-state index in [1.165, 1.54) is 12.8 Å². The van der Waals surface area contributed by atoms with Gasteiger partial charge in [0.05, 0.1) is 10.7 Å². The number of likely N-dealkylation sites (N-methyl/N-ethyl adjacent to an activating group) is 1. The van der Waals surface area contributed by atoms with E-state index in [0.29, 0.717) is 6.04 Å². The van der Waals surface area contributed by atoms with Crippen LogP contribution in [0.4, 0.5) is 0 Å². The number of hydrogen-bond donors (Lipinski definition) is 1. The summed E-state index contributed by atoms with van der Waals surface area (Å²) < 4.78 is 0. The van der Waals surface area contributed by atoms with Crippen molar-refractivity contribution in [2.45, 2.75) is 25.4 Å². The molecule has 2 aromatic rings. The van der Waals surface area contributed by atoms with Gasteiger partial charge in [0.25, 0.3) is 0 Å². The van der Waals surface area contributed by atoms with Crippen molar-refractivity contribution in [1.29, 1.82) is 0 Å². The molecule has 0 saturated carbocycles. The molecule has 3 rings (SSSR count). The van der Waals surface area contributed by atoms with Gasteiger partial charge in [0, 0.05) is 30.1 Å². The molecule has 1 aliphatic rings. The van der Waals surface area contributed by atoms with E-state index >= 15 is 0 Å². The molecule has 0 aliphatic carbocycles. The molecule has 1 saturated heterocycles. The Morgan fingerprint density at radius 2 is 2.29 bits per heavy atom. The second-order valence-corrected chi connectivity index (χ2v) is 6.88. The number of nitrogens with one attached hydrogen (secondary N) is 1. The number of thiazole rings is 1. The lowest BCUT2D eigenvalue weighted by Crippen LogP contribution is -2.35. The molecule has 0 spiro atoms. The minimum Gasteiger partial charge on any atom is -0.313 e. The van der Waals surface area contributed by atoms with Crippen molar-refractivity contribution < 1.29 is 0 Å². The summed E-state index contributed by atoms with van der Waals surface area (Å²) in [6.45, 7) is 3.13. The predicted octanol–water partition coefficient (Wildman–Crippen LogP) is 3.65. The Morgan fingerprint density at radius 1 is 1.43 bits per heavy atom. The first-order chi connectivity index (χ1) is 10.2. The Labute approximate surface area is 135 Å². The van der Waals surface area contributed by atoms with E-state index in [1.807, 2.05) is 24.3 Å². The van der Waals surface area contributed by atoms with Crippen molar-refractivity contribution in [1.82, 2.24) is 15.2 Å². The second-order valence-electron chi connectivity index (χ2n) is 5.61. The van der Waals surface area contributed by atoms with Crippen molar-refractivity contribution in [3.05, 3.63) is 40.4 Å². The van der Waals surface area contributed by atoms with E-state index in [4.69, 9.17) is 16.6 Å². The molecule has 3 nitrogen and oxygen atoms in total. The molecule has 1 aliphatic heterocycles. The third kappa shape index (κ3) is 3.83. The van der Waals surface area contributed by atoms with Gasteiger partial charge in [-0.2, -0.15) is 0 Å². The van der Waals surface area contributed by atoms with Gasteiger partial charge in [-0.1, -0.05) is 29.8 Å². The lowest BCUT2D eigenvalue weighted by molar-refractivity contribution is 0.291. The van der Waals surface area contributed by atoms with E-state index in [0.717, 1.165) is 40.9 Å². The van der Waals surface area contributed by atoms with E-state index in [9.17, 15) is 0 Å². The lowest BCUT2D eigenvalue weighted by atomic mass is 10.2. The fourth-order valence-electron chi connectivity index (χ4n) is 2.77. The summed E-state index contributed by atoms with van der Waals surface area (Å²) in [5.41, 5.74) is 2.14. The molecule has 5 heteroatoms. The molecule has 0 radical (unpaired) electrons. The number of rotatable bonds is 5. The second kappa shape index (κ2) is 6.88. The Morgan fingerprint density at radius 3 is 3.05 bits per heavy atom. The Hall–Kier alpha value is -0.940. The molecule has 2 heterocycles. The van der Waals surface area contributed by atoms with Crippen LogP contribution in [0.2, 0.25) is 5.02 Å². The molecule has 0 amide bonds. The Bertz CT molecular complexity index is 593. The Kier molecular flexibility index (Phi) is 4.91.